The second-order valence-electron chi connectivity index (χ2n) is 5.32. The number of halogens is 1. The molecule has 2 N–H and O–H groups in total. The summed E-state index contributed by atoms with van der Waals surface area (Å²) in [6.45, 7) is 3.81. The lowest BCUT2D eigenvalue weighted by atomic mass is 10.0. The van der Waals surface area contributed by atoms with Crippen LogP contribution in [0.5, 0.6) is 0 Å². The third-order valence-electron chi connectivity index (χ3n) is 3.29. The Hall–Kier alpha value is -1.89. The third kappa shape index (κ3) is 3.85. The summed E-state index contributed by atoms with van der Waals surface area (Å²) in [7, 11) is 0. The van der Waals surface area contributed by atoms with Crippen molar-refractivity contribution in [3.63, 3.8) is 0 Å². The van der Waals surface area contributed by atoms with Crippen LogP contribution < -0.4 is 5.32 Å². The molecule has 7 heteroatoms. The highest BCUT2D eigenvalue weighted by Crippen LogP contribution is 2.24. The largest absolute Gasteiger partial charge is 0.463 e. The molecule has 0 fully saturated rings. The van der Waals surface area contributed by atoms with E-state index in [1.165, 1.54) is 12.1 Å². The Kier molecular flexibility index (Phi) is 4.85. The van der Waals surface area contributed by atoms with Crippen LogP contribution in [0.25, 0.3) is 0 Å². The highest BCUT2D eigenvalue weighted by molar-refractivity contribution is 6.30. The smallest absolute Gasteiger partial charge is 0.273 e. The lowest BCUT2D eigenvalue weighted by Crippen LogP contribution is -2.34. The van der Waals surface area contributed by atoms with Crippen molar-refractivity contribution < 1.29 is 14.4 Å². The topological polar surface area (TPSA) is 88.5 Å². The van der Waals surface area contributed by atoms with Gasteiger partial charge in [-0.1, -0.05) is 11.6 Å². The first-order chi connectivity index (χ1) is 10.3. The van der Waals surface area contributed by atoms with Gasteiger partial charge in [-0.05, 0) is 38.1 Å². The summed E-state index contributed by atoms with van der Waals surface area (Å²) in [5.74, 6) is 1.15. The number of hydrogen-bond acceptors (Lipinski definition) is 5. The van der Waals surface area contributed by atoms with E-state index < -0.39 is 10.5 Å². The molecule has 2 rings (SSSR count). The Balaban J connectivity index is 2.05. The van der Waals surface area contributed by atoms with Crippen molar-refractivity contribution in [2.75, 3.05) is 6.54 Å². The molecule has 0 bridgehead atoms. The Labute approximate surface area is 132 Å². The van der Waals surface area contributed by atoms with E-state index in [-0.39, 0.29) is 18.8 Å². The summed E-state index contributed by atoms with van der Waals surface area (Å²) < 4.78 is 5.41. The fourth-order valence-corrected chi connectivity index (χ4v) is 2.32. The molecule has 0 radical (unpaired) electrons. The predicted molar refractivity (Wildman–Crippen MR) is 82.8 cm³/mol. The van der Waals surface area contributed by atoms with Crippen molar-refractivity contribution in [3.8, 4) is 0 Å². The van der Waals surface area contributed by atoms with Gasteiger partial charge >= 0.3 is 0 Å². The van der Waals surface area contributed by atoms with Gasteiger partial charge in [-0.3, -0.25) is 10.1 Å². The quantitative estimate of drug-likeness (QED) is 0.629. The van der Waals surface area contributed by atoms with Gasteiger partial charge in [0.1, 0.15) is 17.1 Å². The van der Waals surface area contributed by atoms with E-state index in [1.807, 2.05) is 0 Å². The van der Waals surface area contributed by atoms with Crippen molar-refractivity contribution >= 4 is 17.3 Å². The normalized spacial score (nSPS) is 13.8. The molecule has 0 aliphatic heterocycles. The van der Waals surface area contributed by atoms with Crippen LogP contribution in [0.2, 0.25) is 5.02 Å². The van der Waals surface area contributed by atoms with Crippen LogP contribution in [0.4, 0.5) is 5.69 Å². The molecule has 1 unspecified atom stereocenters. The van der Waals surface area contributed by atoms with Gasteiger partial charge in [0.15, 0.2) is 0 Å². The molecule has 1 heterocycles. The number of hydrogen-bond donors (Lipinski definition) is 2. The lowest BCUT2D eigenvalue weighted by Gasteiger charge is -2.21. The van der Waals surface area contributed by atoms with Crippen LogP contribution in [-0.2, 0) is 12.1 Å². The van der Waals surface area contributed by atoms with E-state index in [1.54, 1.807) is 32.0 Å². The molecular formula is C15H17ClN2O4. The Bertz CT molecular complexity index is 682. The zero-order valence-electron chi connectivity index (χ0n) is 12.3. The maximum Gasteiger partial charge on any atom is 0.273 e. The number of benzene rings is 1. The fraction of sp³-hybridized carbons (Fsp3) is 0.333. The third-order valence-corrected chi connectivity index (χ3v) is 3.53. The van der Waals surface area contributed by atoms with Gasteiger partial charge in [-0.2, -0.15) is 0 Å². The summed E-state index contributed by atoms with van der Waals surface area (Å²) in [6.07, 6.45) is 0. The molecule has 22 heavy (non-hydrogen) atoms. The van der Waals surface area contributed by atoms with E-state index >= 15 is 0 Å². The number of nitrogens with one attached hydrogen (secondary N) is 1. The second-order valence-corrected chi connectivity index (χ2v) is 5.75. The minimum atomic E-state index is -1.21. The molecule has 1 atom stereocenters. The zero-order valence-corrected chi connectivity index (χ0v) is 13.1. The maximum absolute atomic E-state index is 11.0. The Morgan fingerprint density at radius 2 is 2.14 bits per heavy atom. The molecule has 1 aromatic heterocycles. The SMILES string of the molecule is Cc1ccc(C(C)(O)CNCc2cc(Cl)ccc2[N+](=O)[O-])o1. The van der Waals surface area contributed by atoms with Gasteiger partial charge in [0, 0.05) is 29.7 Å². The maximum atomic E-state index is 11.0. The molecule has 0 spiro atoms. The van der Waals surface area contributed by atoms with E-state index in [0.29, 0.717) is 22.1 Å². The van der Waals surface area contributed by atoms with Crippen LogP contribution in [-0.4, -0.2) is 16.6 Å². The van der Waals surface area contributed by atoms with Crippen LogP contribution >= 0.6 is 11.6 Å². The average Bonchev–Trinajstić information content (AvgIpc) is 2.86. The number of aliphatic hydroxyl groups is 1. The van der Waals surface area contributed by atoms with Crippen molar-refractivity contribution in [2.24, 2.45) is 0 Å². The number of nitro groups is 1. The minimum Gasteiger partial charge on any atom is -0.463 e. The van der Waals surface area contributed by atoms with Crippen molar-refractivity contribution in [1.82, 2.24) is 5.32 Å². The average molecular weight is 325 g/mol. The van der Waals surface area contributed by atoms with Gasteiger partial charge in [-0.25, -0.2) is 0 Å². The van der Waals surface area contributed by atoms with Crippen LogP contribution in [0.3, 0.4) is 0 Å². The highest BCUT2D eigenvalue weighted by atomic mass is 35.5. The molecule has 0 aliphatic carbocycles. The van der Waals surface area contributed by atoms with E-state index in [0.717, 1.165) is 0 Å². The monoisotopic (exact) mass is 324 g/mol. The van der Waals surface area contributed by atoms with Crippen molar-refractivity contribution in [1.29, 1.82) is 0 Å². The summed E-state index contributed by atoms with van der Waals surface area (Å²) in [6, 6.07) is 7.86. The number of furan rings is 1. The van der Waals surface area contributed by atoms with Gasteiger partial charge < -0.3 is 14.8 Å². The van der Waals surface area contributed by atoms with Gasteiger partial charge in [-0.15, -0.1) is 0 Å². The first kappa shape index (κ1) is 16.5. The molecular weight excluding hydrogens is 308 g/mol. The fourth-order valence-electron chi connectivity index (χ4n) is 2.13. The van der Waals surface area contributed by atoms with Crippen LogP contribution in [0, 0.1) is 17.0 Å². The number of nitrogens with zero attached hydrogens (tertiary/aromatic N) is 1. The molecule has 0 saturated carbocycles. The molecule has 118 valence electrons. The summed E-state index contributed by atoms with van der Waals surface area (Å²) >= 11 is 5.87. The summed E-state index contributed by atoms with van der Waals surface area (Å²) in [5.41, 5.74) is -0.754. The molecule has 0 amide bonds. The number of rotatable bonds is 6. The first-order valence-electron chi connectivity index (χ1n) is 6.72. The second kappa shape index (κ2) is 6.48. The molecule has 0 saturated heterocycles. The molecule has 1 aromatic carbocycles. The molecule has 0 aliphatic rings. The Morgan fingerprint density at radius 1 is 1.41 bits per heavy atom. The first-order valence-corrected chi connectivity index (χ1v) is 7.10. The van der Waals surface area contributed by atoms with Gasteiger partial charge in [0.2, 0.25) is 0 Å². The number of nitro benzene ring substituents is 1. The standard InChI is InChI=1S/C15H17ClN2O4/c1-10-3-6-14(22-10)15(2,19)9-17-8-11-7-12(16)4-5-13(11)18(20)21/h3-7,17,19H,8-9H2,1-2H3. The zero-order chi connectivity index (χ0) is 16.3. The highest BCUT2D eigenvalue weighted by Gasteiger charge is 2.26. The predicted octanol–water partition coefficient (Wildman–Crippen LogP) is 3.15. The van der Waals surface area contributed by atoms with Crippen molar-refractivity contribution in [3.05, 3.63) is 62.6 Å². The Morgan fingerprint density at radius 3 is 2.73 bits per heavy atom. The van der Waals surface area contributed by atoms with Gasteiger partial charge in [0.05, 0.1) is 4.92 Å². The van der Waals surface area contributed by atoms with E-state index in [4.69, 9.17) is 16.0 Å². The lowest BCUT2D eigenvalue weighted by molar-refractivity contribution is -0.385. The summed E-state index contributed by atoms with van der Waals surface area (Å²) in [5, 5.41) is 24.8. The van der Waals surface area contributed by atoms with E-state index in [2.05, 4.69) is 5.32 Å². The number of aryl methyl sites for hydroxylation is 1. The van der Waals surface area contributed by atoms with Crippen LogP contribution in [0.1, 0.15) is 24.0 Å². The van der Waals surface area contributed by atoms with E-state index in [9.17, 15) is 15.2 Å². The molecule has 6 nitrogen and oxygen atoms in total. The summed E-state index contributed by atoms with van der Waals surface area (Å²) in [4.78, 5) is 10.5. The van der Waals surface area contributed by atoms with Crippen molar-refractivity contribution in [2.45, 2.75) is 26.0 Å². The van der Waals surface area contributed by atoms with Gasteiger partial charge in [0.25, 0.3) is 5.69 Å². The van der Waals surface area contributed by atoms with Crippen LogP contribution in [0.15, 0.2) is 34.7 Å². The molecule has 2 aromatic rings. The minimum absolute atomic E-state index is 0.00890.